The van der Waals surface area contributed by atoms with Gasteiger partial charge in [0.15, 0.2) is 0 Å². The van der Waals surface area contributed by atoms with Gasteiger partial charge in [0.25, 0.3) is 0 Å². The Hall–Kier alpha value is -0.530. The molecule has 20 heavy (non-hydrogen) atoms. The Kier molecular flexibility index (Phi) is 4.68. The highest BCUT2D eigenvalue weighted by molar-refractivity contribution is 6.30. The van der Waals surface area contributed by atoms with Crippen LogP contribution in [0.4, 0.5) is 0 Å². The highest BCUT2D eigenvalue weighted by Crippen LogP contribution is 2.38. The number of hydrogen-bond donors (Lipinski definition) is 1. The number of nitrogens with one attached hydrogen (secondary N) is 1. The van der Waals surface area contributed by atoms with Crippen molar-refractivity contribution in [1.29, 1.82) is 0 Å². The molecule has 2 saturated carbocycles. The molecule has 0 amide bonds. The third kappa shape index (κ3) is 3.38. The second-order valence-corrected chi connectivity index (χ2v) is 7.24. The molecule has 2 aliphatic rings. The van der Waals surface area contributed by atoms with E-state index in [1.165, 1.54) is 50.5 Å². The van der Waals surface area contributed by atoms with Gasteiger partial charge in [-0.3, -0.25) is 0 Å². The molecule has 2 heteroatoms. The molecule has 2 aliphatic carbocycles. The van der Waals surface area contributed by atoms with Crippen molar-refractivity contribution in [3.8, 4) is 0 Å². The predicted molar refractivity (Wildman–Crippen MR) is 86.4 cm³/mol. The van der Waals surface area contributed by atoms with Gasteiger partial charge in [0.1, 0.15) is 0 Å². The quantitative estimate of drug-likeness (QED) is 0.760. The van der Waals surface area contributed by atoms with E-state index in [1.807, 2.05) is 12.1 Å². The summed E-state index contributed by atoms with van der Waals surface area (Å²) in [6.07, 6.45) is 9.65. The van der Waals surface area contributed by atoms with E-state index < -0.39 is 0 Å². The molecular weight excluding hydrogens is 266 g/mol. The first-order chi connectivity index (χ1) is 9.72. The van der Waals surface area contributed by atoms with Crippen LogP contribution in [0.15, 0.2) is 24.3 Å². The van der Waals surface area contributed by atoms with Crippen molar-refractivity contribution in [2.45, 2.75) is 69.9 Å². The molecule has 110 valence electrons. The lowest BCUT2D eigenvalue weighted by atomic mass is 9.75. The van der Waals surface area contributed by atoms with Crippen molar-refractivity contribution in [3.05, 3.63) is 34.9 Å². The summed E-state index contributed by atoms with van der Waals surface area (Å²) in [5.74, 6) is 1.60. The smallest absolute Gasteiger partial charge is 0.0406 e. The maximum atomic E-state index is 5.95. The fourth-order valence-electron chi connectivity index (χ4n) is 3.80. The molecule has 1 nitrogen and oxygen atoms in total. The third-order valence-corrected chi connectivity index (χ3v) is 5.54. The number of rotatable bonds is 3. The van der Waals surface area contributed by atoms with E-state index in [1.54, 1.807) is 0 Å². The highest BCUT2D eigenvalue weighted by atomic mass is 35.5. The Balaban J connectivity index is 1.49. The maximum absolute atomic E-state index is 5.95. The molecule has 0 bridgehead atoms. The van der Waals surface area contributed by atoms with Gasteiger partial charge in [-0.05, 0) is 55.2 Å². The molecule has 1 N–H and O–H groups in total. The fourth-order valence-corrected chi connectivity index (χ4v) is 3.93. The van der Waals surface area contributed by atoms with Crippen molar-refractivity contribution in [2.75, 3.05) is 0 Å². The third-order valence-electron chi connectivity index (χ3n) is 5.29. The minimum Gasteiger partial charge on any atom is -0.311 e. The SMILES string of the molecule is CC1CCCCCC1NC1CC(c2ccc(Cl)cc2)C1. The number of hydrogen-bond acceptors (Lipinski definition) is 1. The molecule has 2 fully saturated rings. The standard InChI is InChI=1S/C18H26ClN/c1-13-5-3-2-4-6-18(13)20-17-11-15(12-17)14-7-9-16(19)10-8-14/h7-10,13,15,17-18,20H,2-6,11-12H2,1H3. The monoisotopic (exact) mass is 291 g/mol. The van der Waals surface area contributed by atoms with E-state index in [0.29, 0.717) is 0 Å². The van der Waals surface area contributed by atoms with Gasteiger partial charge in [-0.1, -0.05) is 49.9 Å². The van der Waals surface area contributed by atoms with Crippen LogP contribution in [-0.4, -0.2) is 12.1 Å². The van der Waals surface area contributed by atoms with Gasteiger partial charge < -0.3 is 5.32 Å². The summed E-state index contributed by atoms with van der Waals surface area (Å²) in [5, 5.41) is 4.77. The second-order valence-electron chi connectivity index (χ2n) is 6.81. The molecule has 0 aliphatic heterocycles. The topological polar surface area (TPSA) is 12.0 Å². The van der Waals surface area contributed by atoms with E-state index in [-0.39, 0.29) is 0 Å². The normalized spacial score (nSPS) is 34.3. The van der Waals surface area contributed by atoms with Crippen molar-refractivity contribution in [3.63, 3.8) is 0 Å². The Labute approximate surface area is 128 Å². The predicted octanol–water partition coefficient (Wildman–Crippen LogP) is 5.14. The summed E-state index contributed by atoms with van der Waals surface area (Å²) in [4.78, 5) is 0. The van der Waals surface area contributed by atoms with Crippen molar-refractivity contribution in [2.24, 2.45) is 5.92 Å². The van der Waals surface area contributed by atoms with Crippen LogP contribution in [0, 0.1) is 5.92 Å². The average Bonchev–Trinajstić information content (AvgIpc) is 2.60. The Morgan fingerprint density at radius 3 is 2.45 bits per heavy atom. The molecule has 1 aromatic rings. The van der Waals surface area contributed by atoms with E-state index in [9.17, 15) is 0 Å². The molecule has 0 saturated heterocycles. The zero-order valence-corrected chi connectivity index (χ0v) is 13.2. The average molecular weight is 292 g/mol. The van der Waals surface area contributed by atoms with Crippen molar-refractivity contribution in [1.82, 2.24) is 5.32 Å². The van der Waals surface area contributed by atoms with Crippen LogP contribution in [0.3, 0.4) is 0 Å². The molecule has 0 spiro atoms. The van der Waals surface area contributed by atoms with E-state index in [4.69, 9.17) is 11.6 Å². The lowest BCUT2D eigenvalue weighted by molar-refractivity contribution is 0.229. The summed E-state index contributed by atoms with van der Waals surface area (Å²) in [5.41, 5.74) is 1.46. The Morgan fingerprint density at radius 1 is 1.00 bits per heavy atom. The Morgan fingerprint density at radius 2 is 1.70 bits per heavy atom. The summed E-state index contributed by atoms with van der Waals surface area (Å²) < 4.78 is 0. The molecule has 1 aromatic carbocycles. The highest BCUT2D eigenvalue weighted by Gasteiger charge is 2.32. The summed E-state index contributed by atoms with van der Waals surface area (Å²) in [7, 11) is 0. The first kappa shape index (κ1) is 14.4. The van der Waals surface area contributed by atoms with Gasteiger partial charge in [-0.15, -0.1) is 0 Å². The van der Waals surface area contributed by atoms with Crippen molar-refractivity contribution < 1.29 is 0 Å². The van der Waals surface area contributed by atoms with Crippen LogP contribution < -0.4 is 5.32 Å². The van der Waals surface area contributed by atoms with Crippen LogP contribution in [0.25, 0.3) is 0 Å². The molecule has 0 heterocycles. The molecule has 0 radical (unpaired) electrons. The van der Waals surface area contributed by atoms with Crippen LogP contribution in [0.1, 0.15) is 63.4 Å². The molecular formula is C18H26ClN. The van der Waals surface area contributed by atoms with E-state index in [2.05, 4.69) is 24.4 Å². The minimum absolute atomic E-state index is 0.737. The van der Waals surface area contributed by atoms with Crippen LogP contribution >= 0.6 is 11.6 Å². The van der Waals surface area contributed by atoms with Gasteiger partial charge in [-0.2, -0.15) is 0 Å². The molecule has 2 atom stereocenters. The van der Waals surface area contributed by atoms with Crippen LogP contribution in [-0.2, 0) is 0 Å². The van der Waals surface area contributed by atoms with Gasteiger partial charge in [-0.25, -0.2) is 0 Å². The van der Waals surface area contributed by atoms with Crippen LogP contribution in [0.2, 0.25) is 5.02 Å². The lowest BCUT2D eigenvalue weighted by Crippen LogP contribution is -2.47. The van der Waals surface area contributed by atoms with Gasteiger partial charge in [0, 0.05) is 17.1 Å². The van der Waals surface area contributed by atoms with Crippen LogP contribution in [0.5, 0.6) is 0 Å². The fraction of sp³-hybridized carbons (Fsp3) is 0.667. The first-order valence-electron chi connectivity index (χ1n) is 8.24. The Bertz CT molecular complexity index is 422. The largest absolute Gasteiger partial charge is 0.311 e. The summed E-state index contributed by atoms with van der Waals surface area (Å²) >= 11 is 5.95. The van der Waals surface area contributed by atoms with E-state index >= 15 is 0 Å². The maximum Gasteiger partial charge on any atom is 0.0406 e. The molecule has 3 rings (SSSR count). The summed E-state index contributed by atoms with van der Waals surface area (Å²) in [6.45, 7) is 2.43. The minimum atomic E-state index is 0.737. The summed E-state index contributed by atoms with van der Waals surface area (Å²) in [6, 6.07) is 9.92. The first-order valence-corrected chi connectivity index (χ1v) is 8.61. The number of halogens is 1. The lowest BCUT2D eigenvalue weighted by Gasteiger charge is -2.40. The van der Waals surface area contributed by atoms with E-state index in [0.717, 1.165) is 28.9 Å². The zero-order chi connectivity index (χ0) is 13.9. The molecule has 2 unspecified atom stereocenters. The van der Waals surface area contributed by atoms with Gasteiger partial charge >= 0.3 is 0 Å². The second kappa shape index (κ2) is 6.49. The van der Waals surface area contributed by atoms with Gasteiger partial charge in [0.05, 0.1) is 0 Å². The van der Waals surface area contributed by atoms with Gasteiger partial charge in [0.2, 0.25) is 0 Å². The molecule has 0 aromatic heterocycles. The zero-order valence-electron chi connectivity index (χ0n) is 12.4. The number of benzene rings is 1. The van der Waals surface area contributed by atoms with Crippen molar-refractivity contribution >= 4 is 11.6 Å².